The van der Waals surface area contributed by atoms with E-state index >= 15 is 0 Å². The Kier molecular flexibility index (Phi) is 3.90. The Morgan fingerprint density at radius 3 is 2.86 bits per heavy atom. The Morgan fingerprint density at radius 2 is 2.14 bits per heavy atom. The molecule has 0 aliphatic heterocycles. The Balaban J connectivity index is 2.28. The molecule has 2 aromatic heterocycles. The molecular formula is C13H14N2O4S2. The fourth-order valence-corrected chi connectivity index (χ4v) is 4.33. The predicted octanol–water partition coefficient (Wildman–Crippen LogP) is 2.80. The van der Waals surface area contributed by atoms with Crippen molar-refractivity contribution in [1.29, 1.82) is 0 Å². The van der Waals surface area contributed by atoms with Gasteiger partial charge in [0.2, 0.25) is 5.75 Å². The van der Waals surface area contributed by atoms with E-state index in [2.05, 4.69) is 9.72 Å². The second kappa shape index (κ2) is 5.69. The number of fused-ring (bicyclic) bond motifs is 3. The molecule has 0 saturated heterocycles. The predicted molar refractivity (Wildman–Crippen MR) is 81.0 cm³/mol. The van der Waals surface area contributed by atoms with Crippen molar-refractivity contribution >= 4 is 34.2 Å². The van der Waals surface area contributed by atoms with Crippen molar-refractivity contribution in [3.05, 3.63) is 20.9 Å². The number of nitrogens with zero attached hydrogens (tertiary/aromatic N) is 2. The molecule has 21 heavy (non-hydrogen) atoms. The number of thioether (sulfide) groups is 1. The van der Waals surface area contributed by atoms with E-state index in [0.29, 0.717) is 9.99 Å². The lowest BCUT2D eigenvalue weighted by Crippen LogP contribution is -2.22. The summed E-state index contributed by atoms with van der Waals surface area (Å²) >= 11 is 2.73. The SMILES string of the molecule is CSc1nc2sc3c(n2c(=O)c1OC(=O)O)CCCCC3. The minimum absolute atomic E-state index is 0.197. The molecule has 0 radical (unpaired) electrons. The van der Waals surface area contributed by atoms with E-state index in [9.17, 15) is 9.59 Å². The third-order valence-electron chi connectivity index (χ3n) is 3.49. The van der Waals surface area contributed by atoms with Crippen LogP contribution in [0, 0.1) is 0 Å². The summed E-state index contributed by atoms with van der Waals surface area (Å²) in [6.07, 6.45) is 5.31. The van der Waals surface area contributed by atoms with E-state index in [0.717, 1.165) is 37.8 Å². The second-order valence-electron chi connectivity index (χ2n) is 4.77. The van der Waals surface area contributed by atoms with Crippen LogP contribution in [0.2, 0.25) is 0 Å². The molecule has 3 rings (SSSR count). The van der Waals surface area contributed by atoms with E-state index < -0.39 is 11.7 Å². The van der Waals surface area contributed by atoms with Gasteiger partial charge in [-0.15, -0.1) is 23.1 Å². The zero-order valence-electron chi connectivity index (χ0n) is 11.4. The summed E-state index contributed by atoms with van der Waals surface area (Å²) in [5.41, 5.74) is 0.541. The molecule has 0 spiro atoms. The molecule has 1 N–H and O–H groups in total. The summed E-state index contributed by atoms with van der Waals surface area (Å²) in [5, 5.41) is 9.13. The molecule has 6 nitrogen and oxygen atoms in total. The molecule has 2 aromatic rings. The number of aryl methyl sites for hydroxylation is 2. The molecule has 0 saturated carbocycles. The van der Waals surface area contributed by atoms with Gasteiger partial charge in [0.15, 0.2) is 4.96 Å². The van der Waals surface area contributed by atoms with Gasteiger partial charge in [-0.25, -0.2) is 9.78 Å². The molecule has 1 aliphatic rings. The van der Waals surface area contributed by atoms with Crippen LogP contribution < -0.4 is 10.3 Å². The van der Waals surface area contributed by atoms with Crippen LogP contribution in [0.3, 0.4) is 0 Å². The standard InChI is InChI=1S/C13H14N2O4S2/c1-20-10-9(19-13(17)18)11(16)15-7-5-3-2-4-6-8(7)21-12(15)14-10/h2-6H2,1H3,(H,17,18). The van der Waals surface area contributed by atoms with Gasteiger partial charge in [-0.2, -0.15) is 0 Å². The molecular weight excluding hydrogens is 312 g/mol. The first-order chi connectivity index (χ1) is 10.1. The molecule has 8 heteroatoms. The van der Waals surface area contributed by atoms with E-state index in [1.54, 1.807) is 6.26 Å². The summed E-state index contributed by atoms with van der Waals surface area (Å²) in [6.45, 7) is 0. The smallest absolute Gasteiger partial charge is 0.449 e. The van der Waals surface area contributed by atoms with Crippen molar-refractivity contribution in [2.75, 3.05) is 6.26 Å². The van der Waals surface area contributed by atoms with Crippen LogP contribution >= 0.6 is 23.1 Å². The summed E-state index contributed by atoms with van der Waals surface area (Å²) in [5.74, 6) is -0.197. The monoisotopic (exact) mass is 326 g/mol. The van der Waals surface area contributed by atoms with Gasteiger partial charge in [0, 0.05) is 10.6 Å². The van der Waals surface area contributed by atoms with Crippen LogP contribution in [0.5, 0.6) is 5.75 Å². The van der Waals surface area contributed by atoms with Crippen molar-refractivity contribution in [3.8, 4) is 5.75 Å². The lowest BCUT2D eigenvalue weighted by atomic mass is 10.2. The zero-order chi connectivity index (χ0) is 15.0. The first-order valence-electron chi connectivity index (χ1n) is 6.64. The number of hydrogen-bond donors (Lipinski definition) is 1. The fraction of sp³-hybridized carbons (Fsp3) is 0.462. The molecule has 0 amide bonds. The van der Waals surface area contributed by atoms with Gasteiger partial charge in [0.25, 0.3) is 0 Å². The van der Waals surface area contributed by atoms with Crippen molar-refractivity contribution in [2.24, 2.45) is 0 Å². The number of aromatic nitrogens is 2. The van der Waals surface area contributed by atoms with Gasteiger partial charge in [-0.05, 0) is 31.9 Å². The Labute approximate surface area is 128 Å². The summed E-state index contributed by atoms with van der Waals surface area (Å²) < 4.78 is 6.20. The highest BCUT2D eigenvalue weighted by atomic mass is 32.2. The highest BCUT2D eigenvalue weighted by Gasteiger charge is 2.23. The van der Waals surface area contributed by atoms with Crippen LogP contribution in [-0.4, -0.2) is 26.9 Å². The lowest BCUT2D eigenvalue weighted by Gasteiger charge is -2.06. The van der Waals surface area contributed by atoms with E-state index in [-0.39, 0.29) is 5.75 Å². The van der Waals surface area contributed by atoms with Gasteiger partial charge in [0.05, 0.1) is 0 Å². The van der Waals surface area contributed by atoms with Gasteiger partial charge in [-0.3, -0.25) is 9.20 Å². The summed E-state index contributed by atoms with van der Waals surface area (Å²) in [7, 11) is 0. The van der Waals surface area contributed by atoms with E-state index in [1.807, 2.05) is 0 Å². The van der Waals surface area contributed by atoms with E-state index in [4.69, 9.17) is 5.11 Å². The van der Waals surface area contributed by atoms with Crippen LogP contribution in [0.25, 0.3) is 4.96 Å². The van der Waals surface area contributed by atoms with Gasteiger partial charge in [-0.1, -0.05) is 6.42 Å². The Bertz CT molecular complexity index is 766. The van der Waals surface area contributed by atoms with Crippen molar-refractivity contribution < 1.29 is 14.6 Å². The van der Waals surface area contributed by atoms with Gasteiger partial charge < -0.3 is 9.84 Å². The summed E-state index contributed by atoms with van der Waals surface area (Å²) in [4.78, 5) is 29.6. The second-order valence-corrected chi connectivity index (χ2v) is 6.63. The number of carboxylic acid groups (broad SMARTS) is 1. The van der Waals surface area contributed by atoms with Gasteiger partial charge >= 0.3 is 11.7 Å². The zero-order valence-corrected chi connectivity index (χ0v) is 13.1. The number of rotatable bonds is 2. The number of carbonyl (C=O) groups is 1. The normalized spacial score (nSPS) is 14.7. The average Bonchev–Trinajstić information content (AvgIpc) is 2.63. The lowest BCUT2D eigenvalue weighted by molar-refractivity contribution is 0.142. The van der Waals surface area contributed by atoms with Crippen molar-refractivity contribution in [3.63, 3.8) is 0 Å². The first-order valence-corrected chi connectivity index (χ1v) is 8.68. The van der Waals surface area contributed by atoms with Crippen molar-refractivity contribution in [2.45, 2.75) is 37.1 Å². The maximum atomic E-state index is 12.6. The molecule has 0 bridgehead atoms. The van der Waals surface area contributed by atoms with E-state index in [1.165, 1.54) is 32.4 Å². The molecule has 112 valence electrons. The minimum Gasteiger partial charge on any atom is -0.449 e. The molecule has 0 unspecified atom stereocenters. The summed E-state index contributed by atoms with van der Waals surface area (Å²) in [6, 6.07) is 0. The van der Waals surface area contributed by atoms with Crippen molar-refractivity contribution in [1.82, 2.24) is 9.38 Å². The maximum absolute atomic E-state index is 12.6. The third kappa shape index (κ3) is 2.53. The molecule has 1 aliphatic carbocycles. The molecule has 0 fully saturated rings. The number of hydrogen-bond acceptors (Lipinski definition) is 6. The highest BCUT2D eigenvalue weighted by Crippen LogP contribution is 2.31. The molecule has 2 heterocycles. The van der Waals surface area contributed by atoms with Crippen LogP contribution in [0.4, 0.5) is 4.79 Å². The quantitative estimate of drug-likeness (QED) is 0.395. The highest BCUT2D eigenvalue weighted by molar-refractivity contribution is 7.98. The van der Waals surface area contributed by atoms with Crippen LogP contribution in [-0.2, 0) is 12.8 Å². The van der Waals surface area contributed by atoms with Crippen LogP contribution in [0.15, 0.2) is 9.82 Å². The fourth-order valence-electron chi connectivity index (χ4n) is 2.58. The third-order valence-corrected chi connectivity index (χ3v) is 5.29. The first kappa shape index (κ1) is 14.4. The Hall–Kier alpha value is -1.54. The Morgan fingerprint density at radius 1 is 1.38 bits per heavy atom. The topological polar surface area (TPSA) is 80.9 Å². The largest absolute Gasteiger partial charge is 0.511 e. The molecule has 0 atom stereocenters. The maximum Gasteiger partial charge on any atom is 0.511 e. The average molecular weight is 326 g/mol. The number of thiazole rings is 1. The number of ether oxygens (including phenoxy) is 1. The van der Waals surface area contributed by atoms with Crippen LogP contribution in [0.1, 0.15) is 29.8 Å². The minimum atomic E-state index is -1.49. The van der Waals surface area contributed by atoms with Gasteiger partial charge in [0.1, 0.15) is 5.03 Å². The molecule has 0 aromatic carbocycles.